The zero-order valence-electron chi connectivity index (χ0n) is 13.8. The number of hydrogen-bond acceptors (Lipinski definition) is 4. The second-order valence-electron chi connectivity index (χ2n) is 6.55. The highest BCUT2D eigenvalue weighted by atomic mass is 35.5. The highest BCUT2D eigenvalue weighted by Crippen LogP contribution is 2.20. The number of halogens is 1. The molecule has 0 aromatic heterocycles. The van der Waals surface area contributed by atoms with Crippen LogP contribution in [0.5, 0.6) is 0 Å². The Kier molecular flexibility index (Phi) is 6.88. The van der Waals surface area contributed by atoms with Gasteiger partial charge in [0, 0.05) is 19.0 Å². The standard InChI is InChI=1S/C17H23NO4.ClH/c1-17(2,3)22-16(20)18-10-9-13(11-18)12-21-15(19)14-7-5-4-6-8-14;/h4-8,13H,9-12H2,1-3H3;1H. The normalized spacial score (nSPS) is 17.3. The van der Waals surface area contributed by atoms with Crippen LogP contribution in [-0.4, -0.2) is 42.3 Å². The molecule has 1 aromatic carbocycles. The Morgan fingerprint density at radius 3 is 2.48 bits per heavy atom. The summed E-state index contributed by atoms with van der Waals surface area (Å²) in [5, 5.41) is 0. The Balaban J connectivity index is 0.00000264. The van der Waals surface area contributed by atoms with E-state index in [9.17, 15) is 9.59 Å². The van der Waals surface area contributed by atoms with E-state index in [4.69, 9.17) is 9.47 Å². The first kappa shape index (κ1) is 19.3. The van der Waals surface area contributed by atoms with E-state index in [0.717, 1.165) is 6.42 Å². The molecule has 1 unspecified atom stereocenters. The smallest absolute Gasteiger partial charge is 0.410 e. The van der Waals surface area contributed by atoms with E-state index in [0.29, 0.717) is 25.3 Å². The van der Waals surface area contributed by atoms with Crippen LogP contribution in [0.3, 0.4) is 0 Å². The summed E-state index contributed by atoms with van der Waals surface area (Å²) in [5.74, 6) is -0.156. The average Bonchev–Trinajstić information content (AvgIpc) is 2.93. The van der Waals surface area contributed by atoms with Crippen molar-refractivity contribution in [1.82, 2.24) is 4.90 Å². The third-order valence-corrected chi connectivity index (χ3v) is 3.40. The molecule has 0 N–H and O–H groups in total. The molecule has 1 aliphatic rings. The third-order valence-electron chi connectivity index (χ3n) is 3.40. The van der Waals surface area contributed by atoms with Crippen molar-refractivity contribution in [1.29, 1.82) is 0 Å². The molecular formula is C17H24ClNO4. The van der Waals surface area contributed by atoms with Crippen LogP contribution in [0.4, 0.5) is 4.79 Å². The minimum absolute atomic E-state index is 0. The van der Waals surface area contributed by atoms with Gasteiger partial charge in [0.25, 0.3) is 0 Å². The molecule has 5 nitrogen and oxygen atoms in total. The number of benzene rings is 1. The lowest BCUT2D eigenvalue weighted by molar-refractivity contribution is 0.0274. The zero-order chi connectivity index (χ0) is 16.2. The molecule has 1 saturated heterocycles. The average molecular weight is 342 g/mol. The van der Waals surface area contributed by atoms with Crippen molar-refractivity contribution in [3.63, 3.8) is 0 Å². The molecule has 1 atom stereocenters. The summed E-state index contributed by atoms with van der Waals surface area (Å²) < 4.78 is 10.7. The van der Waals surface area contributed by atoms with Gasteiger partial charge in [-0.2, -0.15) is 0 Å². The van der Waals surface area contributed by atoms with E-state index >= 15 is 0 Å². The van der Waals surface area contributed by atoms with E-state index in [-0.39, 0.29) is 30.4 Å². The second-order valence-corrected chi connectivity index (χ2v) is 6.55. The summed E-state index contributed by atoms with van der Waals surface area (Å²) in [6, 6.07) is 8.91. The Morgan fingerprint density at radius 1 is 1.22 bits per heavy atom. The van der Waals surface area contributed by atoms with Gasteiger partial charge in [0.05, 0.1) is 12.2 Å². The molecule has 0 aliphatic carbocycles. The first-order chi connectivity index (χ1) is 10.3. The molecule has 1 fully saturated rings. The highest BCUT2D eigenvalue weighted by molar-refractivity contribution is 5.89. The lowest BCUT2D eigenvalue weighted by Crippen LogP contribution is -2.35. The number of carbonyl (C=O) groups is 2. The Bertz CT molecular complexity index is 527. The molecule has 0 saturated carbocycles. The monoisotopic (exact) mass is 341 g/mol. The van der Waals surface area contributed by atoms with Crippen molar-refractivity contribution in [2.45, 2.75) is 32.8 Å². The number of amides is 1. The fraction of sp³-hybridized carbons (Fsp3) is 0.529. The van der Waals surface area contributed by atoms with Gasteiger partial charge in [-0.1, -0.05) is 18.2 Å². The van der Waals surface area contributed by atoms with Gasteiger partial charge in [-0.05, 0) is 39.3 Å². The quantitative estimate of drug-likeness (QED) is 0.789. The van der Waals surface area contributed by atoms with E-state index in [1.54, 1.807) is 29.2 Å². The number of nitrogens with zero attached hydrogens (tertiary/aromatic N) is 1. The lowest BCUT2D eigenvalue weighted by Gasteiger charge is -2.24. The molecule has 1 heterocycles. The van der Waals surface area contributed by atoms with Crippen molar-refractivity contribution < 1.29 is 19.1 Å². The molecule has 0 spiro atoms. The SMILES string of the molecule is CC(C)(C)OC(=O)N1CCC(COC(=O)c2ccccc2)C1.Cl. The van der Waals surface area contributed by atoms with Crippen molar-refractivity contribution in [3.8, 4) is 0 Å². The molecule has 1 amide bonds. The molecule has 0 radical (unpaired) electrons. The summed E-state index contributed by atoms with van der Waals surface area (Å²) in [4.78, 5) is 25.5. The van der Waals surface area contributed by atoms with E-state index in [2.05, 4.69) is 0 Å². The largest absolute Gasteiger partial charge is 0.462 e. The van der Waals surface area contributed by atoms with Gasteiger partial charge in [-0.25, -0.2) is 9.59 Å². The van der Waals surface area contributed by atoms with Crippen molar-refractivity contribution in [3.05, 3.63) is 35.9 Å². The topological polar surface area (TPSA) is 55.8 Å². The summed E-state index contributed by atoms with van der Waals surface area (Å²) in [6.07, 6.45) is 0.519. The fourth-order valence-corrected chi connectivity index (χ4v) is 2.31. The molecule has 128 valence electrons. The van der Waals surface area contributed by atoms with Crippen LogP contribution in [0.25, 0.3) is 0 Å². The van der Waals surface area contributed by atoms with Gasteiger partial charge in [0.15, 0.2) is 0 Å². The predicted molar refractivity (Wildman–Crippen MR) is 89.9 cm³/mol. The summed E-state index contributed by atoms with van der Waals surface area (Å²) in [5.41, 5.74) is 0.0547. The van der Waals surface area contributed by atoms with Gasteiger partial charge in [0.2, 0.25) is 0 Å². The number of rotatable bonds is 3. The maximum Gasteiger partial charge on any atom is 0.410 e. The molecule has 1 aliphatic heterocycles. The van der Waals surface area contributed by atoms with Gasteiger partial charge < -0.3 is 14.4 Å². The predicted octanol–water partition coefficient (Wildman–Crippen LogP) is 3.52. The van der Waals surface area contributed by atoms with Gasteiger partial charge in [-0.15, -0.1) is 12.4 Å². The van der Waals surface area contributed by atoms with Crippen LogP contribution >= 0.6 is 12.4 Å². The first-order valence-electron chi connectivity index (χ1n) is 7.55. The molecule has 6 heteroatoms. The number of ether oxygens (including phenoxy) is 2. The Labute approximate surface area is 143 Å². The maximum atomic E-state index is 12.0. The van der Waals surface area contributed by atoms with Crippen LogP contribution < -0.4 is 0 Å². The molecule has 2 rings (SSSR count). The number of carbonyl (C=O) groups excluding carboxylic acids is 2. The van der Waals surface area contributed by atoms with Gasteiger partial charge >= 0.3 is 12.1 Å². The zero-order valence-corrected chi connectivity index (χ0v) is 14.6. The summed E-state index contributed by atoms with van der Waals surface area (Å²) in [7, 11) is 0. The maximum absolute atomic E-state index is 12.0. The Morgan fingerprint density at radius 2 is 1.87 bits per heavy atom. The number of hydrogen-bond donors (Lipinski definition) is 0. The second kappa shape index (κ2) is 8.20. The van der Waals surface area contributed by atoms with Crippen LogP contribution in [0.1, 0.15) is 37.6 Å². The van der Waals surface area contributed by atoms with Crippen molar-refractivity contribution >= 4 is 24.5 Å². The van der Waals surface area contributed by atoms with E-state index < -0.39 is 5.60 Å². The van der Waals surface area contributed by atoms with Crippen LogP contribution in [0.2, 0.25) is 0 Å². The molecular weight excluding hydrogens is 318 g/mol. The number of likely N-dealkylation sites (tertiary alicyclic amines) is 1. The third kappa shape index (κ3) is 6.10. The Hall–Kier alpha value is -1.75. The van der Waals surface area contributed by atoms with Gasteiger partial charge in [-0.3, -0.25) is 0 Å². The molecule has 1 aromatic rings. The fourth-order valence-electron chi connectivity index (χ4n) is 2.31. The summed E-state index contributed by atoms with van der Waals surface area (Å²) in [6.45, 7) is 7.08. The van der Waals surface area contributed by atoms with Crippen molar-refractivity contribution in [2.24, 2.45) is 5.92 Å². The minimum atomic E-state index is -0.491. The molecule has 23 heavy (non-hydrogen) atoms. The van der Waals surface area contributed by atoms with E-state index in [1.165, 1.54) is 0 Å². The summed E-state index contributed by atoms with van der Waals surface area (Å²) >= 11 is 0. The minimum Gasteiger partial charge on any atom is -0.462 e. The van der Waals surface area contributed by atoms with Crippen LogP contribution in [0.15, 0.2) is 30.3 Å². The first-order valence-corrected chi connectivity index (χ1v) is 7.55. The highest BCUT2D eigenvalue weighted by Gasteiger charge is 2.30. The molecule has 0 bridgehead atoms. The van der Waals surface area contributed by atoms with Crippen LogP contribution in [0, 0.1) is 5.92 Å². The lowest BCUT2D eigenvalue weighted by atomic mass is 10.1. The van der Waals surface area contributed by atoms with Gasteiger partial charge in [0.1, 0.15) is 5.60 Å². The van der Waals surface area contributed by atoms with Crippen LogP contribution in [-0.2, 0) is 9.47 Å². The number of esters is 1. The van der Waals surface area contributed by atoms with Crippen molar-refractivity contribution in [2.75, 3.05) is 19.7 Å². The van der Waals surface area contributed by atoms with E-state index in [1.807, 2.05) is 26.8 Å².